The van der Waals surface area contributed by atoms with Gasteiger partial charge < -0.3 is 10.5 Å². The fourth-order valence-electron chi connectivity index (χ4n) is 1.79. The topological polar surface area (TPSA) is 35.2 Å². The van der Waals surface area contributed by atoms with Gasteiger partial charge >= 0.3 is 0 Å². The van der Waals surface area contributed by atoms with Crippen LogP contribution in [0.3, 0.4) is 0 Å². The Morgan fingerprint density at radius 2 is 1.84 bits per heavy atom. The van der Waals surface area contributed by atoms with Gasteiger partial charge in [0.1, 0.15) is 17.7 Å². The number of benzene rings is 1. The van der Waals surface area contributed by atoms with Gasteiger partial charge in [-0.05, 0) is 41.6 Å². The third kappa shape index (κ3) is 3.55. The molecule has 2 unspecified atom stereocenters. The summed E-state index contributed by atoms with van der Waals surface area (Å²) in [6, 6.07) is 9.92. The van der Waals surface area contributed by atoms with Crippen LogP contribution >= 0.6 is 11.3 Å². The molecule has 2 N–H and O–H groups in total. The van der Waals surface area contributed by atoms with Crippen molar-refractivity contribution in [1.82, 2.24) is 0 Å². The van der Waals surface area contributed by atoms with Crippen LogP contribution in [-0.2, 0) is 0 Å². The van der Waals surface area contributed by atoms with E-state index in [0.29, 0.717) is 11.7 Å². The van der Waals surface area contributed by atoms with Gasteiger partial charge in [-0.2, -0.15) is 0 Å². The van der Waals surface area contributed by atoms with Gasteiger partial charge in [0.05, 0.1) is 0 Å². The molecule has 0 spiro atoms. The predicted molar refractivity (Wildman–Crippen MR) is 76.9 cm³/mol. The minimum absolute atomic E-state index is 0.108. The van der Waals surface area contributed by atoms with Crippen LogP contribution in [0.5, 0.6) is 5.75 Å². The number of halogens is 1. The highest BCUT2D eigenvalue weighted by atomic mass is 32.1. The molecule has 102 valence electrons. The standard InChI is InChI=1S/C15H18FNOS/c1-10(2)14(17)15(13-4-3-9-19-13)18-12-7-5-11(16)6-8-12/h3-10,14-15H,17H2,1-2H3. The van der Waals surface area contributed by atoms with Gasteiger partial charge in [0, 0.05) is 10.9 Å². The summed E-state index contributed by atoms with van der Waals surface area (Å²) in [6.07, 6.45) is -0.203. The molecule has 2 rings (SSSR count). The Morgan fingerprint density at radius 3 is 2.37 bits per heavy atom. The molecule has 0 aliphatic carbocycles. The van der Waals surface area contributed by atoms with Gasteiger partial charge in [0.25, 0.3) is 0 Å². The van der Waals surface area contributed by atoms with E-state index in [-0.39, 0.29) is 18.0 Å². The van der Waals surface area contributed by atoms with E-state index < -0.39 is 0 Å². The molecule has 0 amide bonds. The molecule has 2 aromatic rings. The zero-order chi connectivity index (χ0) is 13.8. The lowest BCUT2D eigenvalue weighted by atomic mass is 9.98. The molecule has 0 radical (unpaired) electrons. The number of thiophene rings is 1. The maximum absolute atomic E-state index is 12.9. The van der Waals surface area contributed by atoms with E-state index >= 15 is 0 Å². The number of hydrogen-bond acceptors (Lipinski definition) is 3. The molecular formula is C15H18FNOS. The molecule has 0 fully saturated rings. The molecule has 0 saturated heterocycles. The first-order valence-electron chi connectivity index (χ1n) is 6.29. The summed E-state index contributed by atoms with van der Waals surface area (Å²) in [5, 5.41) is 2.00. The SMILES string of the molecule is CC(C)C(N)C(Oc1ccc(F)cc1)c1cccs1. The summed E-state index contributed by atoms with van der Waals surface area (Å²) in [5.41, 5.74) is 6.24. The first kappa shape index (κ1) is 14.0. The molecule has 19 heavy (non-hydrogen) atoms. The van der Waals surface area contributed by atoms with Crippen LogP contribution in [0, 0.1) is 11.7 Å². The molecule has 1 aromatic heterocycles. The highest BCUT2D eigenvalue weighted by Crippen LogP contribution is 2.30. The highest BCUT2D eigenvalue weighted by Gasteiger charge is 2.25. The number of hydrogen-bond donors (Lipinski definition) is 1. The molecule has 2 nitrogen and oxygen atoms in total. The van der Waals surface area contributed by atoms with E-state index in [9.17, 15) is 4.39 Å². The summed E-state index contributed by atoms with van der Waals surface area (Å²) in [6.45, 7) is 4.14. The summed E-state index contributed by atoms with van der Waals surface area (Å²) >= 11 is 1.62. The molecule has 0 saturated carbocycles. The van der Waals surface area contributed by atoms with Crippen LogP contribution in [0.15, 0.2) is 41.8 Å². The van der Waals surface area contributed by atoms with Crippen molar-refractivity contribution in [2.24, 2.45) is 11.7 Å². The van der Waals surface area contributed by atoms with Crippen molar-refractivity contribution in [1.29, 1.82) is 0 Å². The van der Waals surface area contributed by atoms with E-state index in [1.807, 2.05) is 17.5 Å². The quantitative estimate of drug-likeness (QED) is 0.898. The highest BCUT2D eigenvalue weighted by molar-refractivity contribution is 7.10. The third-order valence-electron chi connectivity index (χ3n) is 3.02. The van der Waals surface area contributed by atoms with E-state index in [1.165, 1.54) is 12.1 Å². The average Bonchev–Trinajstić information content (AvgIpc) is 2.91. The molecule has 0 aliphatic heterocycles. The first-order chi connectivity index (χ1) is 9.08. The molecule has 1 heterocycles. The van der Waals surface area contributed by atoms with Crippen LogP contribution in [0.1, 0.15) is 24.8 Å². The first-order valence-corrected chi connectivity index (χ1v) is 7.17. The second-order valence-electron chi connectivity index (χ2n) is 4.83. The summed E-state index contributed by atoms with van der Waals surface area (Å²) in [5.74, 6) is 0.664. The number of rotatable bonds is 5. The lowest BCUT2D eigenvalue weighted by Gasteiger charge is -2.27. The predicted octanol–water partition coefficient (Wildman–Crippen LogP) is 3.99. The van der Waals surface area contributed by atoms with E-state index in [1.54, 1.807) is 23.5 Å². The van der Waals surface area contributed by atoms with Gasteiger partial charge in [-0.25, -0.2) is 4.39 Å². The molecule has 0 aliphatic rings. The number of ether oxygens (including phenoxy) is 1. The molecule has 0 bridgehead atoms. The monoisotopic (exact) mass is 279 g/mol. The van der Waals surface area contributed by atoms with Crippen molar-refractivity contribution >= 4 is 11.3 Å². The normalized spacial score (nSPS) is 14.4. The fourth-order valence-corrected chi connectivity index (χ4v) is 2.60. The van der Waals surface area contributed by atoms with Crippen molar-refractivity contribution in [3.63, 3.8) is 0 Å². The molecule has 2 atom stereocenters. The van der Waals surface area contributed by atoms with Crippen LogP contribution in [0.25, 0.3) is 0 Å². The Bertz CT molecular complexity index is 495. The number of nitrogens with two attached hydrogens (primary N) is 1. The zero-order valence-corrected chi connectivity index (χ0v) is 11.9. The Morgan fingerprint density at radius 1 is 1.16 bits per heavy atom. The van der Waals surface area contributed by atoms with Gasteiger partial charge in [-0.15, -0.1) is 11.3 Å². The van der Waals surface area contributed by atoms with E-state index in [2.05, 4.69) is 13.8 Å². The lowest BCUT2D eigenvalue weighted by molar-refractivity contribution is 0.154. The smallest absolute Gasteiger partial charge is 0.148 e. The molecule has 1 aromatic carbocycles. The Balaban J connectivity index is 2.21. The van der Waals surface area contributed by atoms with Gasteiger partial charge in [-0.1, -0.05) is 19.9 Å². The second kappa shape index (κ2) is 6.17. The summed E-state index contributed by atoms with van der Waals surface area (Å²) in [4.78, 5) is 1.09. The van der Waals surface area contributed by atoms with E-state index in [0.717, 1.165) is 4.88 Å². The Hall–Kier alpha value is -1.39. The van der Waals surface area contributed by atoms with Crippen LogP contribution in [0.4, 0.5) is 4.39 Å². The summed E-state index contributed by atoms with van der Waals surface area (Å²) < 4.78 is 18.9. The van der Waals surface area contributed by atoms with Crippen molar-refractivity contribution < 1.29 is 9.13 Å². The van der Waals surface area contributed by atoms with Crippen LogP contribution in [-0.4, -0.2) is 6.04 Å². The molecular weight excluding hydrogens is 261 g/mol. The minimum atomic E-state index is -0.270. The molecule has 4 heteroatoms. The van der Waals surface area contributed by atoms with Crippen LogP contribution < -0.4 is 10.5 Å². The van der Waals surface area contributed by atoms with Gasteiger partial charge in [0.2, 0.25) is 0 Å². The Kier molecular flexibility index (Phi) is 4.56. The zero-order valence-electron chi connectivity index (χ0n) is 11.0. The van der Waals surface area contributed by atoms with Crippen molar-refractivity contribution in [2.45, 2.75) is 26.0 Å². The average molecular weight is 279 g/mol. The maximum atomic E-state index is 12.9. The van der Waals surface area contributed by atoms with Gasteiger partial charge in [0.15, 0.2) is 0 Å². The minimum Gasteiger partial charge on any atom is -0.483 e. The van der Waals surface area contributed by atoms with Crippen LogP contribution in [0.2, 0.25) is 0 Å². The van der Waals surface area contributed by atoms with Crippen molar-refractivity contribution in [3.8, 4) is 5.75 Å². The summed E-state index contributed by atoms with van der Waals surface area (Å²) in [7, 11) is 0. The van der Waals surface area contributed by atoms with Crippen molar-refractivity contribution in [3.05, 3.63) is 52.5 Å². The third-order valence-corrected chi connectivity index (χ3v) is 3.95. The largest absolute Gasteiger partial charge is 0.483 e. The Labute approximate surface area is 117 Å². The lowest BCUT2D eigenvalue weighted by Crippen LogP contribution is -2.36. The second-order valence-corrected chi connectivity index (χ2v) is 5.81. The van der Waals surface area contributed by atoms with Gasteiger partial charge in [-0.3, -0.25) is 0 Å². The fraction of sp³-hybridized carbons (Fsp3) is 0.333. The maximum Gasteiger partial charge on any atom is 0.148 e. The van der Waals surface area contributed by atoms with E-state index in [4.69, 9.17) is 10.5 Å². The van der Waals surface area contributed by atoms with Crippen molar-refractivity contribution in [2.75, 3.05) is 0 Å².